The minimum Gasteiger partial charge on any atom is -0.477 e. The molecule has 0 atom stereocenters. The maximum atomic E-state index is 10.8. The lowest BCUT2D eigenvalue weighted by Gasteiger charge is -2.03. The van der Waals surface area contributed by atoms with E-state index in [1.165, 1.54) is 19.3 Å². The Hall–Kier alpha value is -2.11. The second-order valence-corrected chi connectivity index (χ2v) is 2.79. The molecule has 0 aliphatic heterocycles. The minimum absolute atomic E-state index is 0.0151. The average Bonchev–Trinajstić information content (AvgIpc) is 2.26. The predicted octanol–water partition coefficient (Wildman–Crippen LogP) is 0.209. The lowest BCUT2D eigenvalue weighted by molar-refractivity contribution is 0.0690. The van der Waals surface area contributed by atoms with Gasteiger partial charge in [0.1, 0.15) is 5.69 Å². The number of carboxylic acid groups (broad SMARTS) is 1. The monoisotopic (exact) mass is 209 g/mol. The quantitative estimate of drug-likeness (QED) is 0.663. The van der Waals surface area contributed by atoms with Crippen LogP contribution >= 0.6 is 0 Å². The van der Waals surface area contributed by atoms with Gasteiger partial charge >= 0.3 is 12.0 Å². The fraction of sp³-hybridized carbons (Fsp3) is 0.222. The summed E-state index contributed by atoms with van der Waals surface area (Å²) < 4.78 is 0. The fourth-order valence-electron chi connectivity index (χ4n) is 0.926. The number of rotatable bonds is 3. The van der Waals surface area contributed by atoms with Gasteiger partial charge in [0.25, 0.3) is 0 Å². The Morgan fingerprint density at radius 1 is 1.47 bits per heavy atom. The number of hydrogen-bond acceptors (Lipinski definition) is 3. The molecule has 6 nitrogen and oxygen atoms in total. The van der Waals surface area contributed by atoms with E-state index in [2.05, 4.69) is 15.6 Å². The Morgan fingerprint density at radius 3 is 2.67 bits per heavy atom. The minimum atomic E-state index is -1.07. The van der Waals surface area contributed by atoms with Crippen molar-refractivity contribution in [2.45, 2.75) is 6.54 Å². The summed E-state index contributed by atoms with van der Waals surface area (Å²) >= 11 is 0. The first kappa shape index (κ1) is 11.0. The number of amides is 2. The normalized spacial score (nSPS) is 9.40. The van der Waals surface area contributed by atoms with Gasteiger partial charge in [-0.3, -0.25) is 0 Å². The molecule has 0 saturated heterocycles. The maximum Gasteiger partial charge on any atom is 0.354 e. The van der Waals surface area contributed by atoms with E-state index in [-0.39, 0.29) is 11.7 Å². The Labute approximate surface area is 86.3 Å². The van der Waals surface area contributed by atoms with Gasteiger partial charge in [0, 0.05) is 19.8 Å². The van der Waals surface area contributed by atoms with Crippen LogP contribution in [0.1, 0.15) is 16.1 Å². The second kappa shape index (κ2) is 4.94. The van der Waals surface area contributed by atoms with Gasteiger partial charge in [-0.25, -0.2) is 14.6 Å². The summed E-state index contributed by atoms with van der Waals surface area (Å²) in [5.74, 6) is -1.07. The molecular weight excluding hydrogens is 198 g/mol. The van der Waals surface area contributed by atoms with Crippen LogP contribution in [-0.2, 0) is 6.54 Å². The molecule has 0 radical (unpaired) electrons. The highest BCUT2D eigenvalue weighted by molar-refractivity contribution is 5.85. The first-order valence-corrected chi connectivity index (χ1v) is 4.27. The van der Waals surface area contributed by atoms with Crippen LogP contribution in [0.25, 0.3) is 0 Å². The van der Waals surface area contributed by atoms with Crippen LogP contribution in [0.5, 0.6) is 0 Å². The summed E-state index contributed by atoms with van der Waals surface area (Å²) in [5.41, 5.74) is 0.724. The molecule has 0 spiro atoms. The van der Waals surface area contributed by atoms with Crippen LogP contribution < -0.4 is 10.6 Å². The van der Waals surface area contributed by atoms with E-state index in [0.717, 1.165) is 5.56 Å². The molecule has 1 aromatic heterocycles. The largest absolute Gasteiger partial charge is 0.477 e. The van der Waals surface area contributed by atoms with Crippen LogP contribution in [0.15, 0.2) is 18.3 Å². The number of carboxylic acids is 1. The number of nitrogens with one attached hydrogen (secondary N) is 2. The van der Waals surface area contributed by atoms with Crippen LogP contribution in [0.3, 0.4) is 0 Å². The lowest BCUT2D eigenvalue weighted by atomic mass is 10.2. The topological polar surface area (TPSA) is 91.3 Å². The molecule has 2 amide bonds. The van der Waals surface area contributed by atoms with Crippen molar-refractivity contribution in [3.63, 3.8) is 0 Å². The van der Waals surface area contributed by atoms with E-state index in [4.69, 9.17) is 5.11 Å². The number of aromatic nitrogens is 1. The third-order valence-corrected chi connectivity index (χ3v) is 1.72. The van der Waals surface area contributed by atoms with Crippen molar-refractivity contribution in [2.75, 3.05) is 7.05 Å². The zero-order valence-electron chi connectivity index (χ0n) is 8.15. The number of pyridine rings is 1. The van der Waals surface area contributed by atoms with Gasteiger partial charge in [-0.2, -0.15) is 0 Å². The summed E-state index contributed by atoms with van der Waals surface area (Å²) in [7, 11) is 1.51. The molecule has 0 aliphatic rings. The van der Waals surface area contributed by atoms with Crippen molar-refractivity contribution < 1.29 is 14.7 Å². The molecule has 1 heterocycles. The molecule has 1 rings (SSSR count). The summed E-state index contributed by atoms with van der Waals surface area (Å²) in [6.45, 7) is 0.312. The molecule has 3 N–H and O–H groups in total. The molecule has 0 unspecified atom stereocenters. The van der Waals surface area contributed by atoms with Gasteiger partial charge < -0.3 is 15.7 Å². The zero-order valence-corrected chi connectivity index (χ0v) is 8.15. The van der Waals surface area contributed by atoms with Crippen molar-refractivity contribution >= 4 is 12.0 Å². The molecule has 0 bridgehead atoms. The second-order valence-electron chi connectivity index (χ2n) is 2.79. The molecule has 0 aliphatic carbocycles. The van der Waals surface area contributed by atoms with Crippen molar-refractivity contribution in [1.29, 1.82) is 0 Å². The third-order valence-electron chi connectivity index (χ3n) is 1.72. The van der Waals surface area contributed by atoms with Crippen LogP contribution in [0, 0.1) is 0 Å². The highest BCUT2D eigenvalue weighted by Crippen LogP contribution is 1.99. The molecule has 6 heteroatoms. The predicted molar refractivity (Wildman–Crippen MR) is 52.5 cm³/mol. The van der Waals surface area contributed by atoms with Crippen LogP contribution in [0.4, 0.5) is 4.79 Å². The van der Waals surface area contributed by atoms with Gasteiger partial charge in [0.15, 0.2) is 0 Å². The lowest BCUT2D eigenvalue weighted by Crippen LogP contribution is -2.32. The third kappa shape index (κ3) is 3.26. The summed E-state index contributed by atoms with van der Waals surface area (Å²) in [4.78, 5) is 25.0. The number of carbonyl (C=O) groups excluding carboxylic acids is 1. The first-order valence-electron chi connectivity index (χ1n) is 4.27. The summed E-state index contributed by atoms with van der Waals surface area (Å²) in [5, 5.41) is 13.5. The summed E-state index contributed by atoms with van der Waals surface area (Å²) in [6, 6.07) is 2.70. The number of aromatic carboxylic acids is 1. The number of urea groups is 1. The number of nitrogens with zero attached hydrogens (tertiary/aromatic N) is 1. The molecular formula is C9H11N3O3. The van der Waals surface area contributed by atoms with Crippen LogP contribution in [-0.4, -0.2) is 29.1 Å². The van der Waals surface area contributed by atoms with E-state index < -0.39 is 5.97 Å². The molecule has 0 aromatic carbocycles. The van der Waals surface area contributed by atoms with E-state index in [1.54, 1.807) is 6.07 Å². The highest BCUT2D eigenvalue weighted by Gasteiger charge is 2.03. The van der Waals surface area contributed by atoms with Gasteiger partial charge in [-0.15, -0.1) is 0 Å². The van der Waals surface area contributed by atoms with E-state index in [0.29, 0.717) is 6.54 Å². The standard InChI is InChI=1S/C9H11N3O3/c1-10-9(15)12-5-6-2-3-7(8(13)14)11-4-6/h2-4H,5H2,1H3,(H,13,14)(H2,10,12,15). The van der Waals surface area contributed by atoms with Gasteiger partial charge in [0.2, 0.25) is 0 Å². The molecule has 1 aromatic rings. The Balaban J connectivity index is 2.57. The Bertz CT molecular complexity index is 361. The molecule has 0 fully saturated rings. The smallest absolute Gasteiger partial charge is 0.354 e. The van der Waals surface area contributed by atoms with Gasteiger partial charge in [-0.1, -0.05) is 6.07 Å². The average molecular weight is 209 g/mol. The van der Waals surface area contributed by atoms with Crippen molar-refractivity contribution in [3.8, 4) is 0 Å². The fourth-order valence-corrected chi connectivity index (χ4v) is 0.926. The van der Waals surface area contributed by atoms with Crippen molar-refractivity contribution in [1.82, 2.24) is 15.6 Å². The maximum absolute atomic E-state index is 10.8. The molecule has 80 valence electrons. The van der Waals surface area contributed by atoms with Gasteiger partial charge in [-0.05, 0) is 11.6 Å². The SMILES string of the molecule is CNC(=O)NCc1ccc(C(=O)O)nc1. The number of carbonyl (C=O) groups is 2. The highest BCUT2D eigenvalue weighted by atomic mass is 16.4. The van der Waals surface area contributed by atoms with E-state index >= 15 is 0 Å². The first-order chi connectivity index (χ1) is 7.13. The van der Waals surface area contributed by atoms with E-state index in [1.807, 2.05) is 0 Å². The van der Waals surface area contributed by atoms with E-state index in [9.17, 15) is 9.59 Å². The number of hydrogen-bond donors (Lipinski definition) is 3. The summed E-state index contributed by atoms with van der Waals surface area (Å²) in [6.07, 6.45) is 1.42. The zero-order chi connectivity index (χ0) is 11.3. The van der Waals surface area contributed by atoms with Gasteiger partial charge in [0.05, 0.1) is 0 Å². The van der Waals surface area contributed by atoms with Crippen molar-refractivity contribution in [2.24, 2.45) is 0 Å². The molecule has 15 heavy (non-hydrogen) atoms. The van der Waals surface area contributed by atoms with Crippen molar-refractivity contribution in [3.05, 3.63) is 29.6 Å². The molecule has 0 saturated carbocycles. The Kier molecular flexibility index (Phi) is 3.61. The van der Waals surface area contributed by atoms with Crippen LogP contribution in [0.2, 0.25) is 0 Å². The Morgan fingerprint density at radius 2 is 2.20 bits per heavy atom.